The van der Waals surface area contributed by atoms with Gasteiger partial charge in [-0.3, -0.25) is 9.59 Å². The molecule has 1 aromatic heterocycles. The standard InChI is InChI=1S/C15H15N3O3/c19-14(12-7-16-9-18-15(12)20)17-6-10-5-11-3-1-2-4-13(11)21-8-10/h1-4,7,9-10H,5-6,8H2,(H,17,19)(H,16,18,20)/t10-/m1/s1. The summed E-state index contributed by atoms with van der Waals surface area (Å²) in [5, 5.41) is 2.76. The number of nitrogens with one attached hydrogen (secondary N) is 2. The minimum Gasteiger partial charge on any atom is -0.493 e. The highest BCUT2D eigenvalue weighted by molar-refractivity contribution is 5.93. The first kappa shape index (κ1) is 13.4. The summed E-state index contributed by atoms with van der Waals surface area (Å²) in [5.74, 6) is 0.687. The van der Waals surface area contributed by atoms with Crippen molar-refractivity contribution in [2.45, 2.75) is 6.42 Å². The average molecular weight is 285 g/mol. The Hall–Kier alpha value is -2.63. The molecule has 21 heavy (non-hydrogen) atoms. The Labute approximate surface area is 121 Å². The van der Waals surface area contributed by atoms with E-state index >= 15 is 0 Å². The molecule has 108 valence electrons. The highest BCUT2D eigenvalue weighted by atomic mass is 16.5. The monoisotopic (exact) mass is 285 g/mol. The number of ether oxygens (including phenoxy) is 1. The first-order valence-corrected chi connectivity index (χ1v) is 6.75. The molecule has 1 amide bonds. The molecule has 1 atom stereocenters. The van der Waals surface area contributed by atoms with Crippen molar-refractivity contribution in [2.75, 3.05) is 13.2 Å². The molecule has 0 aliphatic carbocycles. The van der Waals surface area contributed by atoms with E-state index in [-0.39, 0.29) is 11.5 Å². The van der Waals surface area contributed by atoms with E-state index < -0.39 is 11.5 Å². The molecule has 3 rings (SSSR count). The molecule has 2 heterocycles. The van der Waals surface area contributed by atoms with Gasteiger partial charge >= 0.3 is 0 Å². The molecular formula is C15H15N3O3. The number of nitrogens with zero attached hydrogens (tertiary/aromatic N) is 1. The van der Waals surface area contributed by atoms with Gasteiger partial charge in [0, 0.05) is 18.7 Å². The number of carbonyl (C=O) groups is 1. The fourth-order valence-electron chi connectivity index (χ4n) is 2.36. The van der Waals surface area contributed by atoms with E-state index in [1.54, 1.807) is 0 Å². The highest BCUT2D eigenvalue weighted by Crippen LogP contribution is 2.26. The summed E-state index contributed by atoms with van der Waals surface area (Å²) in [6, 6.07) is 7.88. The lowest BCUT2D eigenvalue weighted by atomic mass is 9.97. The zero-order valence-corrected chi connectivity index (χ0v) is 11.3. The third kappa shape index (κ3) is 2.94. The molecule has 6 heteroatoms. The SMILES string of the molecule is O=C(NC[C@@H]1COc2ccccc2C1)c1cnc[nH]c1=O. The molecule has 0 saturated carbocycles. The van der Waals surface area contributed by atoms with Crippen molar-refractivity contribution in [3.63, 3.8) is 0 Å². The van der Waals surface area contributed by atoms with E-state index in [1.807, 2.05) is 24.3 Å². The van der Waals surface area contributed by atoms with Crippen molar-refractivity contribution in [1.82, 2.24) is 15.3 Å². The van der Waals surface area contributed by atoms with Crippen molar-refractivity contribution in [2.24, 2.45) is 5.92 Å². The van der Waals surface area contributed by atoms with Gasteiger partial charge in [0.05, 0.1) is 12.9 Å². The van der Waals surface area contributed by atoms with Crippen LogP contribution in [-0.2, 0) is 6.42 Å². The fraction of sp³-hybridized carbons (Fsp3) is 0.267. The van der Waals surface area contributed by atoms with Gasteiger partial charge in [0.1, 0.15) is 11.3 Å². The lowest BCUT2D eigenvalue weighted by Crippen LogP contribution is -2.36. The number of aromatic amines is 1. The maximum absolute atomic E-state index is 11.9. The number of hydrogen-bond donors (Lipinski definition) is 2. The molecule has 1 aliphatic rings. The Bertz CT molecular complexity index is 711. The number of hydrogen-bond acceptors (Lipinski definition) is 4. The van der Waals surface area contributed by atoms with E-state index in [0.717, 1.165) is 17.7 Å². The van der Waals surface area contributed by atoms with Crippen LogP contribution >= 0.6 is 0 Å². The Balaban J connectivity index is 1.61. The van der Waals surface area contributed by atoms with Crippen LogP contribution in [0, 0.1) is 5.92 Å². The minimum absolute atomic E-state index is 0.0228. The number of amides is 1. The first-order chi connectivity index (χ1) is 10.2. The summed E-state index contributed by atoms with van der Waals surface area (Å²) in [5.41, 5.74) is 0.726. The summed E-state index contributed by atoms with van der Waals surface area (Å²) in [7, 11) is 0. The molecule has 0 bridgehead atoms. The summed E-state index contributed by atoms with van der Waals surface area (Å²) < 4.78 is 5.67. The van der Waals surface area contributed by atoms with Crippen molar-refractivity contribution in [3.05, 3.63) is 58.3 Å². The molecule has 0 spiro atoms. The molecule has 1 aliphatic heterocycles. The Morgan fingerprint density at radius 3 is 3.14 bits per heavy atom. The summed E-state index contributed by atoms with van der Waals surface area (Å²) in [6.07, 6.45) is 3.37. The lowest BCUT2D eigenvalue weighted by molar-refractivity contribution is 0.0937. The van der Waals surface area contributed by atoms with Crippen molar-refractivity contribution in [1.29, 1.82) is 0 Å². The van der Waals surface area contributed by atoms with Gasteiger partial charge in [0.25, 0.3) is 11.5 Å². The predicted octanol–water partition coefficient (Wildman–Crippen LogP) is 0.751. The molecule has 0 saturated heterocycles. The van der Waals surface area contributed by atoms with E-state index in [4.69, 9.17) is 4.74 Å². The van der Waals surface area contributed by atoms with Gasteiger partial charge in [0.2, 0.25) is 0 Å². The number of fused-ring (bicyclic) bond motifs is 1. The van der Waals surface area contributed by atoms with Gasteiger partial charge in [-0.15, -0.1) is 0 Å². The Kier molecular flexibility index (Phi) is 3.68. The fourth-order valence-corrected chi connectivity index (χ4v) is 2.36. The number of para-hydroxylation sites is 1. The predicted molar refractivity (Wildman–Crippen MR) is 76.3 cm³/mol. The van der Waals surface area contributed by atoms with Crippen LogP contribution in [0.25, 0.3) is 0 Å². The molecule has 0 radical (unpaired) electrons. The zero-order chi connectivity index (χ0) is 14.7. The molecule has 0 unspecified atom stereocenters. The van der Waals surface area contributed by atoms with Crippen LogP contribution in [0.15, 0.2) is 41.6 Å². The second-order valence-electron chi connectivity index (χ2n) is 4.99. The molecule has 0 fully saturated rings. The van der Waals surface area contributed by atoms with Gasteiger partial charge in [-0.2, -0.15) is 0 Å². The third-order valence-corrected chi connectivity index (χ3v) is 3.47. The zero-order valence-electron chi connectivity index (χ0n) is 11.3. The van der Waals surface area contributed by atoms with E-state index in [9.17, 15) is 9.59 Å². The second kappa shape index (κ2) is 5.78. The lowest BCUT2D eigenvalue weighted by Gasteiger charge is -2.25. The van der Waals surface area contributed by atoms with Crippen LogP contribution in [0.2, 0.25) is 0 Å². The Morgan fingerprint density at radius 2 is 2.29 bits per heavy atom. The molecular weight excluding hydrogens is 270 g/mol. The number of aromatic nitrogens is 2. The van der Waals surface area contributed by atoms with Gasteiger partial charge in [0.15, 0.2) is 0 Å². The van der Waals surface area contributed by atoms with Crippen molar-refractivity contribution in [3.8, 4) is 5.75 Å². The average Bonchev–Trinajstić information content (AvgIpc) is 2.53. The van der Waals surface area contributed by atoms with Crippen molar-refractivity contribution < 1.29 is 9.53 Å². The molecule has 2 aromatic rings. The van der Waals surface area contributed by atoms with Crippen LogP contribution in [-0.4, -0.2) is 29.0 Å². The number of rotatable bonds is 3. The van der Waals surface area contributed by atoms with Crippen molar-refractivity contribution >= 4 is 5.91 Å². The first-order valence-electron chi connectivity index (χ1n) is 6.75. The smallest absolute Gasteiger partial charge is 0.263 e. The summed E-state index contributed by atoms with van der Waals surface area (Å²) in [6.45, 7) is 1.02. The van der Waals surface area contributed by atoms with Gasteiger partial charge in [-0.25, -0.2) is 4.98 Å². The van der Waals surface area contributed by atoms with Crippen LogP contribution < -0.4 is 15.6 Å². The Morgan fingerprint density at radius 1 is 1.43 bits per heavy atom. The van der Waals surface area contributed by atoms with Crippen LogP contribution in [0.1, 0.15) is 15.9 Å². The van der Waals surface area contributed by atoms with Crippen LogP contribution in [0.4, 0.5) is 0 Å². The maximum atomic E-state index is 11.9. The largest absolute Gasteiger partial charge is 0.493 e. The van der Waals surface area contributed by atoms with Crippen LogP contribution in [0.5, 0.6) is 5.75 Å². The van der Waals surface area contributed by atoms with Gasteiger partial charge in [-0.1, -0.05) is 18.2 Å². The van der Waals surface area contributed by atoms with E-state index in [2.05, 4.69) is 15.3 Å². The summed E-state index contributed by atoms with van der Waals surface area (Å²) >= 11 is 0. The normalized spacial score (nSPS) is 16.7. The van der Waals surface area contributed by atoms with E-state index in [0.29, 0.717) is 13.2 Å². The number of benzene rings is 1. The maximum Gasteiger partial charge on any atom is 0.263 e. The quantitative estimate of drug-likeness (QED) is 0.871. The summed E-state index contributed by atoms with van der Waals surface area (Å²) in [4.78, 5) is 29.6. The van der Waals surface area contributed by atoms with Gasteiger partial charge < -0.3 is 15.0 Å². The second-order valence-corrected chi connectivity index (χ2v) is 4.99. The molecule has 6 nitrogen and oxygen atoms in total. The molecule has 1 aromatic carbocycles. The molecule has 2 N–H and O–H groups in total. The number of H-pyrrole nitrogens is 1. The topological polar surface area (TPSA) is 84.1 Å². The van der Waals surface area contributed by atoms with Crippen LogP contribution in [0.3, 0.4) is 0 Å². The minimum atomic E-state index is -0.437. The number of carbonyl (C=O) groups excluding carboxylic acids is 1. The van der Waals surface area contributed by atoms with Gasteiger partial charge in [-0.05, 0) is 18.1 Å². The third-order valence-electron chi connectivity index (χ3n) is 3.47. The highest BCUT2D eigenvalue weighted by Gasteiger charge is 2.20. The van der Waals surface area contributed by atoms with E-state index in [1.165, 1.54) is 12.5 Å².